The third-order valence-corrected chi connectivity index (χ3v) is 3.25. The molecular weight excluding hydrogens is 314 g/mol. The summed E-state index contributed by atoms with van der Waals surface area (Å²) >= 11 is 3.14. The first kappa shape index (κ1) is 11.8. The lowest BCUT2D eigenvalue weighted by atomic mass is 10.2. The van der Waals surface area contributed by atoms with E-state index in [9.17, 15) is 9.59 Å². The van der Waals surface area contributed by atoms with Crippen molar-refractivity contribution < 1.29 is 9.21 Å². The summed E-state index contributed by atoms with van der Waals surface area (Å²) in [5.41, 5.74) is 2.03. The predicted molar refractivity (Wildman–Crippen MR) is 73.3 cm³/mol. The SMILES string of the molecule is O=C(Nc1ccc2[nH]c(=O)[nH]c2c1)c1ccoc1Br. The third-order valence-electron chi connectivity index (χ3n) is 2.64. The summed E-state index contributed by atoms with van der Waals surface area (Å²) in [5, 5.41) is 2.72. The second kappa shape index (κ2) is 4.43. The number of hydrogen-bond donors (Lipinski definition) is 3. The average Bonchev–Trinajstić information content (AvgIpc) is 2.93. The number of furan rings is 1. The Morgan fingerprint density at radius 2 is 2.00 bits per heavy atom. The van der Waals surface area contributed by atoms with Gasteiger partial charge in [-0.15, -0.1) is 0 Å². The van der Waals surface area contributed by atoms with Gasteiger partial charge in [0.1, 0.15) is 0 Å². The summed E-state index contributed by atoms with van der Waals surface area (Å²) in [6.45, 7) is 0. The van der Waals surface area contributed by atoms with Crippen LogP contribution in [0.4, 0.5) is 5.69 Å². The van der Waals surface area contributed by atoms with E-state index in [-0.39, 0.29) is 11.6 Å². The van der Waals surface area contributed by atoms with Crippen molar-refractivity contribution in [2.24, 2.45) is 0 Å². The van der Waals surface area contributed by atoms with Crippen LogP contribution in [0.15, 0.2) is 44.4 Å². The zero-order valence-corrected chi connectivity index (χ0v) is 11.1. The minimum absolute atomic E-state index is 0.281. The molecular formula is C12H8BrN3O3. The molecule has 0 unspecified atom stereocenters. The van der Waals surface area contributed by atoms with E-state index in [0.717, 1.165) is 0 Å². The van der Waals surface area contributed by atoms with E-state index in [0.29, 0.717) is 27.0 Å². The number of rotatable bonds is 2. The third kappa shape index (κ3) is 2.19. The van der Waals surface area contributed by atoms with Crippen LogP contribution in [0.2, 0.25) is 0 Å². The van der Waals surface area contributed by atoms with Gasteiger partial charge in [-0.25, -0.2) is 4.79 Å². The molecule has 6 nitrogen and oxygen atoms in total. The highest BCUT2D eigenvalue weighted by Gasteiger charge is 2.13. The highest BCUT2D eigenvalue weighted by molar-refractivity contribution is 9.10. The minimum atomic E-state index is -0.294. The van der Waals surface area contributed by atoms with Crippen LogP contribution < -0.4 is 11.0 Å². The fraction of sp³-hybridized carbons (Fsp3) is 0. The predicted octanol–water partition coefficient (Wildman–Crippen LogP) is 2.46. The first-order valence-corrected chi connectivity index (χ1v) is 6.19. The van der Waals surface area contributed by atoms with Gasteiger partial charge in [0.2, 0.25) is 0 Å². The van der Waals surface area contributed by atoms with Crippen molar-refractivity contribution in [2.45, 2.75) is 0 Å². The fourth-order valence-electron chi connectivity index (χ4n) is 1.76. The van der Waals surface area contributed by atoms with Crippen molar-refractivity contribution in [2.75, 3.05) is 5.32 Å². The summed E-state index contributed by atoms with van der Waals surface area (Å²) in [7, 11) is 0. The Morgan fingerprint density at radius 1 is 1.21 bits per heavy atom. The van der Waals surface area contributed by atoms with Crippen LogP contribution >= 0.6 is 15.9 Å². The monoisotopic (exact) mass is 321 g/mol. The van der Waals surface area contributed by atoms with Crippen LogP contribution in [0.5, 0.6) is 0 Å². The number of hydrogen-bond acceptors (Lipinski definition) is 3. The maximum absolute atomic E-state index is 12.0. The number of aromatic amines is 2. The molecule has 0 saturated heterocycles. The number of nitrogens with one attached hydrogen (secondary N) is 3. The van der Waals surface area contributed by atoms with E-state index in [1.54, 1.807) is 24.3 Å². The van der Waals surface area contributed by atoms with Gasteiger partial charge in [0, 0.05) is 5.69 Å². The second-order valence-corrected chi connectivity index (χ2v) is 4.62. The highest BCUT2D eigenvalue weighted by Crippen LogP contribution is 2.20. The zero-order chi connectivity index (χ0) is 13.4. The number of carbonyl (C=O) groups is 1. The van der Waals surface area contributed by atoms with Gasteiger partial charge < -0.3 is 19.7 Å². The second-order valence-electron chi connectivity index (χ2n) is 3.90. The Kier molecular flexibility index (Phi) is 2.75. The summed E-state index contributed by atoms with van der Waals surface area (Å²) < 4.78 is 5.38. The van der Waals surface area contributed by atoms with Gasteiger partial charge in [0.05, 0.1) is 22.9 Å². The summed E-state index contributed by atoms with van der Waals surface area (Å²) in [4.78, 5) is 28.4. The van der Waals surface area contributed by atoms with Crippen LogP contribution in [0, 0.1) is 0 Å². The van der Waals surface area contributed by atoms with Crippen molar-refractivity contribution >= 4 is 38.6 Å². The van der Waals surface area contributed by atoms with Crippen LogP contribution in [0.1, 0.15) is 10.4 Å². The number of aromatic nitrogens is 2. The number of amides is 1. The molecule has 0 aliphatic rings. The van der Waals surface area contributed by atoms with E-state index in [2.05, 4.69) is 31.2 Å². The molecule has 0 spiro atoms. The summed E-state index contributed by atoms with van der Waals surface area (Å²) in [6, 6.07) is 6.67. The zero-order valence-electron chi connectivity index (χ0n) is 9.49. The molecule has 3 N–H and O–H groups in total. The average molecular weight is 322 g/mol. The first-order chi connectivity index (χ1) is 9.13. The molecule has 0 atom stereocenters. The van der Waals surface area contributed by atoms with Gasteiger partial charge >= 0.3 is 5.69 Å². The molecule has 0 fully saturated rings. The molecule has 19 heavy (non-hydrogen) atoms. The Bertz CT molecular complexity index is 815. The van der Waals surface area contributed by atoms with Crippen molar-refractivity contribution in [3.05, 3.63) is 51.2 Å². The smallest absolute Gasteiger partial charge is 0.323 e. The van der Waals surface area contributed by atoms with Crippen molar-refractivity contribution in [3.8, 4) is 0 Å². The molecule has 0 radical (unpaired) electrons. The van der Waals surface area contributed by atoms with Crippen LogP contribution in [0.3, 0.4) is 0 Å². The number of anilines is 1. The van der Waals surface area contributed by atoms with Crippen LogP contribution in [-0.2, 0) is 0 Å². The largest absolute Gasteiger partial charge is 0.457 e. The Morgan fingerprint density at radius 3 is 2.74 bits per heavy atom. The summed E-state index contributed by atoms with van der Waals surface area (Å²) in [5.74, 6) is -0.294. The number of carbonyl (C=O) groups excluding carboxylic acids is 1. The highest BCUT2D eigenvalue weighted by atomic mass is 79.9. The molecule has 7 heteroatoms. The van der Waals surface area contributed by atoms with E-state index in [1.807, 2.05) is 0 Å². The number of benzene rings is 1. The van der Waals surface area contributed by atoms with Gasteiger partial charge in [-0.2, -0.15) is 0 Å². The lowest BCUT2D eigenvalue weighted by molar-refractivity contribution is 0.102. The molecule has 0 aliphatic heterocycles. The molecule has 0 aliphatic carbocycles. The van der Waals surface area contributed by atoms with Crippen LogP contribution in [-0.4, -0.2) is 15.9 Å². The number of halogens is 1. The number of imidazole rings is 1. The molecule has 1 aromatic carbocycles. The lowest BCUT2D eigenvalue weighted by Crippen LogP contribution is -2.11. The summed E-state index contributed by atoms with van der Waals surface area (Å²) in [6.07, 6.45) is 1.42. The van der Waals surface area contributed by atoms with Crippen molar-refractivity contribution in [3.63, 3.8) is 0 Å². The van der Waals surface area contributed by atoms with Gasteiger partial charge in [0.15, 0.2) is 4.67 Å². The molecule has 3 rings (SSSR count). The fourth-order valence-corrected chi connectivity index (χ4v) is 2.18. The molecule has 96 valence electrons. The van der Waals surface area contributed by atoms with E-state index >= 15 is 0 Å². The van der Waals surface area contributed by atoms with E-state index in [4.69, 9.17) is 4.42 Å². The van der Waals surface area contributed by atoms with Crippen molar-refractivity contribution in [1.82, 2.24) is 9.97 Å². The standard InChI is InChI=1S/C12H8BrN3O3/c13-10-7(3-4-19-10)11(17)14-6-1-2-8-9(5-6)16-12(18)15-8/h1-5H,(H,14,17)(H2,15,16,18). The maximum atomic E-state index is 12.0. The normalized spacial score (nSPS) is 10.8. The molecule has 0 bridgehead atoms. The molecule has 0 saturated carbocycles. The van der Waals surface area contributed by atoms with Crippen LogP contribution in [0.25, 0.3) is 11.0 Å². The maximum Gasteiger partial charge on any atom is 0.323 e. The van der Waals surface area contributed by atoms with E-state index in [1.165, 1.54) is 6.26 Å². The molecule has 2 heterocycles. The van der Waals surface area contributed by atoms with Gasteiger partial charge in [-0.1, -0.05) is 0 Å². The Labute approximate surface area is 114 Å². The van der Waals surface area contributed by atoms with Gasteiger partial charge in [-0.3, -0.25) is 4.79 Å². The number of H-pyrrole nitrogens is 2. The van der Waals surface area contributed by atoms with Gasteiger partial charge in [-0.05, 0) is 40.2 Å². The van der Waals surface area contributed by atoms with E-state index < -0.39 is 0 Å². The first-order valence-electron chi connectivity index (χ1n) is 5.40. The van der Waals surface area contributed by atoms with Crippen molar-refractivity contribution in [1.29, 1.82) is 0 Å². The van der Waals surface area contributed by atoms with Gasteiger partial charge in [0.25, 0.3) is 5.91 Å². The minimum Gasteiger partial charge on any atom is -0.457 e. The lowest BCUT2D eigenvalue weighted by Gasteiger charge is -2.03. The molecule has 2 aromatic heterocycles. The quantitative estimate of drug-likeness (QED) is 0.677. The molecule has 1 amide bonds. The topological polar surface area (TPSA) is 90.9 Å². The Hall–Kier alpha value is -2.28. The molecule has 3 aromatic rings. The Balaban J connectivity index is 1.91. The number of fused-ring (bicyclic) bond motifs is 1.